The van der Waals surface area contributed by atoms with Gasteiger partial charge in [0.2, 0.25) is 0 Å². The Hall–Kier alpha value is -1.40. The van der Waals surface area contributed by atoms with E-state index in [0.717, 1.165) is 19.4 Å². The average Bonchev–Trinajstić information content (AvgIpc) is 2.98. The molecule has 0 saturated carbocycles. The Morgan fingerprint density at radius 3 is 2.89 bits per heavy atom. The van der Waals surface area contributed by atoms with E-state index in [9.17, 15) is 4.79 Å². The Bertz CT molecular complexity index is 451. The summed E-state index contributed by atoms with van der Waals surface area (Å²) in [4.78, 5) is 18.2. The summed E-state index contributed by atoms with van der Waals surface area (Å²) in [5.74, 6) is -0.569. The van der Waals surface area contributed by atoms with Crippen LogP contribution in [0.25, 0.3) is 0 Å². The molecule has 1 spiro atoms. The minimum atomic E-state index is -0.563. The van der Waals surface area contributed by atoms with E-state index in [1.54, 1.807) is 22.0 Å². The van der Waals surface area contributed by atoms with Gasteiger partial charge in [0.25, 0.3) is 5.91 Å². The van der Waals surface area contributed by atoms with Gasteiger partial charge in [-0.2, -0.15) is 0 Å². The molecule has 3 heterocycles. The van der Waals surface area contributed by atoms with Gasteiger partial charge in [-0.15, -0.1) is 0 Å². The van der Waals surface area contributed by atoms with Crippen molar-refractivity contribution < 1.29 is 14.3 Å². The van der Waals surface area contributed by atoms with Crippen molar-refractivity contribution in [3.05, 3.63) is 18.2 Å². The van der Waals surface area contributed by atoms with E-state index in [0.29, 0.717) is 25.5 Å². The summed E-state index contributed by atoms with van der Waals surface area (Å²) in [6.45, 7) is 2.50. The number of likely N-dealkylation sites (tertiary alicyclic amines) is 1. The van der Waals surface area contributed by atoms with Crippen LogP contribution in [0, 0.1) is 0 Å². The molecule has 6 nitrogen and oxygen atoms in total. The Morgan fingerprint density at radius 2 is 2.22 bits per heavy atom. The zero-order chi connectivity index (χ0) is 12.6. The molecule has 0 aliphatic carbocycles. The second-order valence-corrected chi connectivity index (χ2v) is 4.83. The van der Waals surface area contributed by atoms with Crippen LogP contribution in [0.15, 0.2) is 12.5 Å². The summed E-state index contributed by atoms with van der Waals surface area (Å²) in [5.41, 5.74) is 0.602. The van der Waals surface area contributed by atoms with Crippen LogP contribution in [-0.4, -0.2) is 52.4 Å². The molecule has 1 aromatic rings. The first kappa shape index (κ1) is 11.7. The van der Waals surface area contributed by atoms with Gasteiger partial charge in [-0.3, -0.25) is 4.79 Å². The van der Waals surface area contributed by atoms with Crippen LogP contribution in [0.4, 0.5) is 0 Å². The van der Waals surface area contributed by atoms with E-state index in [2.05, 4.69) is 4.98 Å². The molecule has 2 saturated heterocycles. The minimum Gasteiger partial charge on any atom is -0.346 e. The lowest BCUT2D eigenvalue weighted by Crippen LogP contribution is -2.51. The molecular formula is C12H17N3O3. The molecule has 6 heteroatoms. The van der Waals surface area contributed by atoms with Crippen molar-refractivity contribution in [2.45, 2.75) is 18.6 Å². The highest BCUT2D eigenvalue weighted by Crippen LogP contribution is 2.30. The number of hydrogen-bond acceptors (Lipinski definition) is 4. The molecule has 18 heavy (non-hydrogen) atoms. The molecule has 98 valence electrons. The standard InChI is InChI=1S/C12H17N3O3/c1-14-9-13-7-10(14)11(16)15-4-2-3-12(8-15)17-5-6-18-12/h7,9H,2-6,8H2,1H3. The van der Waals surface area contributed by atoms with Crippen molar-refractivity contribution in [2.75, 3.05) is 26.3 Å². The summed E-state index contributed by atoms with van der Waals surface area (Å²) in [7, 11) is 1.82. The van der Waals surface area contributed by atoms with Crippen molar-refractivity contribution in [3.63, 3.8) is 0 Å². The molecule has 0 atom stereocenters. The maximum atomic E-state index is 12.4. The molecule has 0 radical (unpaired) electrons. The number of piperidine rings is 1. The second-order valence-electron chi connectivity index (χ2n) is 4.83. The number of ether oxygens (including phenoxy) is 2. The quantitative estimate of drug-likeness (QED) is 0.725. The van der Waals surface area contributed by atoms with Gasteiger partial charge in [0, 0.05) is 20.0 Å². The monoisotopic (exact) mass is 251 g/mol. The van der Waals surface area contributed by atoms with E-state index in [4.69, 9.17) is 9.47 Å². The molecule has 1 amide bonds. The molecule has 2 fully saturated rings. The Labute approximate surface area is 105 Å². The third kappa shape index (κ3) is 1.91. The minimum absolute atomic E-state index is 0.00632. The number of carbonyl (C=O) groups excluding carboxylic acids is 1. The lowest BCUT2D eigenvalue weighted by molar-refractivity contribution is -0.183. The molecule has 3 rings (SSSR count). The first-order valence-corrected chi connectivity index (χ1v) is 6.24. The molecular weight excluding hydrogens is 234 g/mol. The number of carbonyl (C=O) groups is 1. The van der Waals surface area contributed by atoms with Crippen molar-refractivity contribution in [1.82, 2.24) is 14.5 Å². The first-order chi connectivity index (χ1) is 8.70. The van der Waals surface area contributed by atoms with Gasteiger partial charge in [-0.1, -0.05) is 0 Å². The molecule has 0 unspecified atom stereocenters. The summed E-state index contributed by atoms with van der Waals surface area (Å²) < 4.78 is 13.1. The van der Waals surface area contributed by atoms with Gasteiger partial charge in [-0.05, 0) is 6.42 Å². The Morgan fingerprint density at radius 1 is 1.44 bits per heavy atom. The molecule has 1 aromatic heterocycles. The van der Waals surface area contributed by atoms with E-state index >= 15 is 0 Å². The number of hydrogen-bond donors (Lipinski definition) is 0. The van der Waals surface area contributed by atoms with Gasteiger partial charge in [0.1, 0.15) is 5.69 Å². The number of aryl methyl sites for hydroxylation is 1. The lowest BCUT2D eigenvalue weighted by atomic mass is 10.0. The molecule has 0 bridgehead atoms. The van der Waals surface area contributed by atoms with E-state index in [-0.39, 0.29) is 5.91 Å². The van der Waals surface area contributed by atoms with Gasteiger partial charge in [-0.25, -0.2) is 4.98 Å². The molecule has 0 aromatic carbocycles. The smallest absolute Gasteiger partial charge is 0.272 e. The summed E-state index contributed by atoms with van der Waals surface area (Å²) in [6, 6.07) is 0. The number of nitrogens with zero attached hydrogens (tertiary/aromatic N) is 3. The highest BCUT2D eigenvalue weighted by atomic mass is 16.7. The fraction of sp³-hybridized carbons (Fsp3) is 0.667. The average molecular weight is 251 g/mol. The fourth-order valence-electron chi connectivity index (χ4n) is 2.62. The van der Waals surface area contributed by atoms with Crippen molar-refractivity contribution >= 4 is 5.91 Å². The maximum absolute atomic E-state index is 12.4. The number of amides is 1. The van der Waals surface area contributed by atoms with E-state index in [1.807, 2.05) is 7.05 Å². The van der Waals surface area contributed by atoms with Crippen LogP contribution < -0.4 is 0 Å². The van der Waals surface area contributed by atoms with Crippen LogP contribution in [-0.2, 0) is 16.5 Å². The van der Waals surface area contributed by atoms with Crippen LogP contribution >= 0.6 is 0 Å². The van der Waals surface area contributed by atoms with Gasteiger partial charge in [0.05, 0.1) is 32.3 Å². The zero-order valence-corrected chi connectivity index (χ0v) is 10.5. The van der Waals surface area contributed by atoms with Crippen LogP contribution in [0.3, 0.4) is 0 Å². The number of rotatable bonds is 1. The van der Waals surface area contributed by atoms with E-state index in [1.165, 1.54) is 0 Å². The zero-order valence-electron chi connectivity index (χ0n) is 10.5. The molecule has 2 aliphatic rings. The predicted octanol–water partition coefficient (Wildman–Crippen LogP) is 0.399. The second kappa shape index (κ2) is 4.37. The van der Waals surface area contributed by atoms with Crippen LogP contribution in [0.5, 0.6) is 0 Å². The highest BCUT2D eigenvalue weighted by molar-refractivity contribution is 5.92. The van der Waals surface area contributed by atoms with E-state index < -0.39 is 5.79 Å². The lowest BCUT2D eigenvalue weighted by Gasteiger charge is -2.38. The topological polar surface area (TPSA) is 56.6 Å². The molecule has 2 aliphatic heterocycles. The van der Waals surface area contributed by atoms with Crippen molar-refractivity contribution in [2.24, 2.45) is 7.05 Å². The van der Waals surface area contributed by atoms with Crippen LogP contribution in [0.1, 0.15) is 23.3 Å². The third-order valence-electron chi connectivity index (χ3n) is 3.55. The number of imidazole rings is 1. The Balaban J connectivity index is 1.76. The highest BCUT2D eigenvalue weighted by Gasteiger charge is 2.42. The van der Waals surface area contributed by atoms with Gasteiger partial charge >= 0.3 is 0 Å². The van der Waals surface area contributed by atoms with Crippen molar-refractivity contribution in [3.8, 4) is 0 Å². The summed E-state index contributed by atoms with van der Waals surface area (Å²) in [6.07, 6.45) is 5.00. The fourth-order valence-corrected chi connectivity index (χ4v) is 2.62. The van der Waals surface area contributed by atoms with Gasteiger partial charge < -0.3 is 18.9 Å². The van der Waals surface area contributed by atoms with Gasteiger partial charge in [0.15, 0.2) is 5.79 Å². The Kier molecular flexibility index (Phi) is 2.83. The third-order valence-corrected chi connectivity index (χ3v) is 3.55. The maximum Gasteiger partial charge on any atom is 0.272 e. The number of aromatic nitrogens is 2. The summed E-state index contributed by atoms with van der Waals surface area (Å²) >= 11 is 0. The van der Waals surface area contributed by atoms with Crippen molar-refractivity contribution in [1.29, 1.82) is 0 Å². The summed E-state index contributed by atoms with van der Waals surface area (Å²) in [5, 5.41) is 0. The first-order valence-electron chi connectivity index (χ1n) is 6.24. The predicted molar refractivity (Wildman–Crippen MR) is 63.0 cm³/mol. The molecule has 0 N–H and O–H groups in total. The normalized spacial score (nSPS) is 22.6. The SMILES string of the molecule is Cn1cncc1C(=O)N1CCCC2(C1)OCCO2. The van der Waals surface area contributed by atoms with Crippen LogP contribution in [0.2, 0.25) is 0 Å². The largest absolute Gasteiger partial charge is 0.346 e.